The Morgan fingerprint density at radius 3 is 2.55 bits per heavy atom. The van der Waals surface area contributed by atoms with Crippen molar-refractivity contribution in [2.24, 2.45) is 0 Å². The second-order valence-electron chi connectivity index (χ2n) is 7.86. The molecule has 1 saturated heterocycles. The summed E-state index contributed by atoms with van der Waals surface area (Å²) in [5.74, 6) is -0.673. The summed E-state index contributed by atoms with van der Waals surface area (Å²) in [7, 11) is 0. The Hall–Kier alpha value is -4.52. The molecule has 1 fully saturated rings. The van der Waals surface area contributed by atoms with Gasteiger partial charge in [-0.25, -0.2) is 0 Å². The number of nitrogens with zero attached hydrogens (tertiary/aromatic N) is 1. The first kappa shape index (κ1) is 19.2. The second kappa shape index (κ2) is 7.27. The number of benzene rings is 3. The lowest BCUT2D eigenvalue weighted by Crippen LogP contribution is -2.29. The number of aromatic amines is 1. The molecule has 0 spiro atoms. The minimum absolute atomic E-state index is 0.0208. The third-order valence-electron chi connectivity index (χ3n) is 6.04. The Labute approximate surface area is 188 Å². The van der Waals surface area contributed by atoms with E-state index in [4.69, 9.17) is 9.47 Å². The molecule has 1 unspecified atom stereocenters. The van der Waals surface area contributed by atoms with Crippen LogP contribution in [0, 0.1) is 0 Å². The number of fused-ring (bicyclic) bond motifs is 2. The van der Waals surface area contributed by atoms with Gasteiger partial charge in [-0.2, -0.15) is 0 Å². The Morgan fingerprint density at radius 1 is 0.939 bits per heavy atom. The topological polar surface area (TPSA) is 91.9 Å². The van der Waals surface area contributed by atoms with Crippen LogP contribution in [0.5, 0.6) is 11.5 Å². The zero-order valence-corrected chi connectivity index (χ0v) is 17.3. The van der Waals surface area contributed by atoms with Crippen molar-refractivity contribution in [3.63, 3.8) is 0 Å². The van der Waals surface area contributed by atoms with Crippen LogP contribution in [0.1, 0.15) is 17.2 Å². The number of H-pyrrole nitrogens is 1. The summed E-state index contributed by atoms with van der Waals surface area (Å²) in [6.45, 7) is 0.0906. The first-order chi connectivity index (χ1) is 16.1. The average Bonchev–Trinajstić information content (AvgIpc) is 3.55. The van der Waals surface area contributed by atoms with Crippen LogP contribution in [0.3, 0.4) is 0 Å². The van der Waals surface area contributed by atoms with E-state index < -0.39 is 17.7 Å². The summed E-state index contributed by atoms with van der Waals surface area (Å²) >= 11 is 0. The number of carbonyl (C=O) groups is 2. The van der Waals surface area contributed by atoms with Gasteiger partial charge in [0.2, 0.25) is 6.79 Å². The largest absolute Gasteiger partial charge is 0.507 e. The molecule has 1 atom stereocenters. The molecule has 33 heavy (non-hydrogen) atoms. The Balaban J connectivity index is 1.59. The molecule has 6 rings (SSSR count). The highest BCUT2D eigenvalue weighted by Crippen LogP contribution is 2.45. The number of para-hydroxylation sites is 2. The summed E-state index contributed by atoms with van der Waals surface area (Å²) in [6.07, 6.45) is 1.78. The summed E-state index contributed by atoms with van der Waals surface area (Å²) in [5, 5.41) is 12.2. The molecule has 4 aromatic rings. The Morgan fingerprint density at radius 2 is 1.70 bits per heavy atom. The number of ether oxygens (including phenoxy) is 2. The Kier molecular flexibility index (Phi) is 4.23. The van der Waals surface area contributed by atoms with Crippen LogP contribution in [0.15, 0.2) is 84.6 Å². The van der Waals surface area contributed by atoms with E-state index in [0.29, 0.717) is 22.7 Å². The maximum absolute atomic E-state index is 13.3. The van der Waals surface area contributed by atoms with E-state index in [0.717, 1.165) is 16.5 Å². The van der Waals surface area contributed by atoms with E-state index in [-0.39, 0.29) is 18.1 Å². The first-order valence-electron chi connectivity index (χ1n) is 10.5. The van der Waals surface area contributed by atoms with Crippen molar-refractivity contribution in [2.75, 3.05) is 11.7 Å². The molecule has 3 heterocycles. The fourth-order valence-corrected chi connectivity index (χ4v) is 4.50. The highest BCUT2D eigenvalue weighted by atomic mass is 16.7. The van der Waals surface area contributed by atoms with Crippen LogP contribution in [0.4, 0.5) is 5.69 Å². The standard InChI is InChI=1S/C26H18N2O5/c29-24(15-10-11-20-21(12-15)33-14-32-20)22-23(18-13-27-19-9-5-4-8-17(18)19)28(26(31)25(22)30)16-6-2-1-3-7-16/h1-13,23,27,29H,14H2/b24-22+. The number of hydrogen-bond donors (Lipinski definition) is 2. The number of Topliss-reactive ketones (excluding diaryl/α,β-unsaturated/α-hetero) is 1. The summed E-state index contributed by atoms with van der Waals surface area (Å²) in [6, 6.07) is 20.8. The highest BCUT2D eigenvalue weighted by Gasteiger charge is 2.47. The molecular formula is C26H18N2O5. The van der Waals surface area contributed by atoms with Crippen molar-refractivity contribution in [2.45, 2.75) is 6.04 Å². The smallest absolute Gasteiger partial charge is 0.300 e. The van der Waals surface area contributed by atoms with Gasteiger partial charge in [0, 0.05) is 33.9 Å². The van der Waals surface area contributed by atoms with Gasteiger partial charge in [-0.15, -0.1) is 0 Å². The van der Waals surface area contributed by atoms with Gasteiger partial charge in [0.05, 0.1) is 11.6 Å². The third kappa shape index (κ3) is 2.90. The number of carbonyl (C=O) groups excluding carboxylic acids is 2. The molecule has 1 aromatic heterocycles. The van der Waals surface area contributed by atoms with Gasteiger partial charge < -0.3 is 19.6 Å². The lowest BCUT2D eigenvalue weighted by molar-refractivity contribution is -0.132. The molecule has 2 aliphatic heterocycles. The lowest BCUT2D eigenvalue weighted by Gasteiger charge is -2.25. The molecule has 1 amide bonds. The van der Waals surface area contributed by atoms with Gasteiger partial charge in [-0.05, 0) is 36.4 Å². The van der Waals surface area contributed by atoms with Gasteiger partial charge in [-0.3, -0.25) is 14.5 Å². The number of amides is 1. The number of anilines is 1. The molecule has 0 bridgehead atoms. The van der Waals surface area contributed by atoms with Gasteiger partial charge in [0.1, 0.15) is 5.76 Å². The predicted molar refractivity (Wildman–Crippen MR) is 122 cm³/mol. The quantitative estimate of drug-likeness (QED) is 0.279. The zero-order chi connectivity index (χ0) is 22.5. The molecule has 2 aliphatic rings. The summed E-state index contributed by atoms with van der Waals surface area (Å²) in [5.41, 5.74) is 2.55. The normalized spacial score (nSPS) is 18.9. The number of nitrogens with one attached hydrogen (secondary N) is 1. The minimum Gasteiger partial charge on any atom is -0.507 e. The van der Waals surface area contributed by atoms with E-state index >= 15 is 0 Å². The SMILES string of the molecule is O=C1C(=O)N(c2ccccc2)C(c2c[nH]c3ccccc23)/C1=C(\O)c1ccc2c(c1)OCO2. The Bertz CT molecular complexity index is 1450. The van der Waals surface area contributed by atoms with Crippen LogP contribution in [0.25, 0.3) is 16.7 Å². The number of ketones is 1. The van der Waals surface area contributed by atoms with E-state index in [1.165, 1.54) is 4.90 Å². The molecular weight excluding hydrogens is 420 g/mol. The van der Waals surface area contributed by atoms with Crippen LogP contribution >= 0.6 is 0 Å². The molecule has 0 aliphatic carbocycles. The maximum Gasteiger partial charge on any atom is 0.300 e. The van der Waals surface area contributed by atoms with Crippen LogP contribution in [-0.2, 0) is 9.59 Å². The lowest BCUT2D eigenvalue weighted by atomic mass is 9.94. The van der Waals surface area contributed by atoms with Gasteiger partial charge in [0.25, 0.3) is 11.7 Å². The zero-order valence-electron chi connectivity index (χ0n) is 17.3. The number of aromatic nitrogens is 1. The van der Waals surface area contributed by atoms with Crippen LogP contribution in [-0.4, -0.2) is 28.6 Å². The third-order valence-corrected chi connectivity index (χ3v) is 6.04. The molecule has 2 N–H and O–H groups in total. The van der Waals surface area contributed by atoms with E-state index in [1.807, 2.05) is 30.3 Å². The molecule has 7 heteroatoms. The average molecular weight is 438 g/mol. The molecule has 7 nitrogen and oxygen atoms in total. The maximum atomic E-state index is 13.3. The van der Waals surface area contributed by atoms with Gasteiger partial charge in [-0.1, -0.05) is 36.4 Å². The molecule has 3 aromatic carbocycles. The van der Waals surface area contributed by atoms with Crippen molar-refractivity contribution in [1.82, 2.24) is 4.98 Å². The van der Waals surface area contributed by atoms with Gasteiger partial charge >= 0.3 is 0 Å². The second-order valence-corrected chi connectivity index (χ2v) is 7.86. The first-order valence-corrected chi connectivity index (χ1v) is 10.5. The van der Waals surface area contributed by atoms with Crippen molar-refractivity contribution in [3.05, 3.63) is 95.7 Å². The number of aliphatic hydroxyl groups is 1. The minimum atomic E-state index is -0.811. The van der Waals surface area contributed by atoms with Crippen molar-refractivity contribution < 1.29 is 24.2 Å². The van der Waals surface area contributed by atoms with E-state index in [1.54, 1.807) is 48.7 Å². The number of aliphatic hydroxyl groups excluding tert-OH is 1. The summed E-state index contributed by atoms with van der Waals surface area (Å²) in [4.78, 5) is 31.2. The fourth-order valence-electron chi connectivity index (χ4n) is 4.50. The van der Waals surface area contributed by atoms with Crippen molar-refractivity contribution in [3.8, 4) is 11.5 Å². The predicted octanol–water partition coefficient (Wildman–Crippen LogP) is 4.52. The monoisotopic (exact) mass is 438 g/mol. The van der Waals surface area contributed by atoms with Crippen LogP contribution < -0.4 is 14.4 Å². The molecule has 0 saturated carbocycles. The van der Waals surface area contributed by atoms with Crippen molar-refractivity contribution >= 4 is 34.0 Å². The number of rotatable bonds is 3. The van der Waals surface area contributed by atoms with E-state index in [2.05, 4.69) is 4.98 Å². The highest BCUT2D eigenvalue weighted by molar-refractivity contribution is 6.51. The van der Waals surface area contributed by atoms with Crippen LogP contribution in [0.2, 0.25) is 0 Å². The van der Waals surface area contributed by atoms with Gasteiger partial charge in [0.15, 0.2) is 11.5 Å². The van der Waals surface area contributed by atoms with E-state index in [9.17, 15) is 14.7 Å². The summed E-state index contributed by atoms with van der Waals surface area (Å²) < 4.78 is 10.8. The van der Waals surface area contributed by atoms with Crippen molar-refractivity contribution in [1.29, 1.82) is 0 Å². The fraction of sp³-hybridized carbons (Fsp3) is 0.0769. The molecule has 0 radical (unpaired) electrons. The number of hydrogen-bond acceptors (Lipinski definition) is 5. The molecule has 162 valence electrons.